The second-order valence-corrected chi connectivity index (χ2v) is 5.67. The summed E-state index contributed by atoms with van der Waals surface area (Å²) in [4.78, 5) is 14.4. The molecule has 0 saturated carbocycles. The SMILES string of the molecule is CC(Oc1cccc(F)c1)C(=O)N1CCCCC1C(C)N.Cl. The van der Waals surface area contributed by atoms with Gasteiger partial charge in [-0.1, -0.05) is 6.07 Å². The molecule has 2 rings (SSSR count). The van der Waals surface area contributed by atoms with Crippen molar-refractivity contribution in [2.75, 3.05) is 6.54 Å². The summed E-state index contributed by atoms with van der Waals surface area (Å²) in [5.41, 5.74) is 5.98. The summed E-state index contributed by atoms with van der Waals surface area (Å²) in [6.07, 6.45) is 2.36. The Morgan fingerprint density at radius 3 is 2.77 bits per heavy atom. The van der Waals surface area contributed by atoms with Crippen LogP contribution in [0.5, 0.6) is 5.75 Å². The van der Waals surface area contributed by atoms with Gasteiger partial charge in [-0.15, -0.1) is 12.4 Å². The second-order valence-electron chi connectivity index (χ2n) is 5.67. The Hall–Kier alpha value is -1.33. The van der Waals surface area contributed by atoms with E-state index < -0.39 is 6.10 Å². The molecule has 0 spiro atoms. The highest BCUT2D eigenvalue weighted by Crippen LogP contribution is 2.21. The third kappa shape index (κ3) is 4.58. The zero-order valence-electron chi connectivity index (χ0n) is 13.0. The Morgan fingerprint density at radius 2 is 2.14 bits per heavy atom. The Bertz CT molecular complexity index is 499. The minimum Gasteiger partial charge on any atom is -0.481 e. The van der Waals surface area contributed by atoms with Crippen LogP contribution in [-0.4, -0.2) is 35.5 Å². The molecule has 1 aromatic rings. The van der Waals surface area contributed by atoms with E-state index in [2.05, 4.69) is 0 Å². The molecule has 1 fully saturated rings. The van der Waals surface area contributed by atoms with Gasteiger partial charge in [-0.3, -0.25) is 4.79 Å². The zero-order valence-corrected chi connectivity index (χ0v) is 13.8. The molecule has 1 aliphatic rings. The molecule has 1 aromatic carbocycles. The average molecular weight is 331 g/mol. The summed E-state index contributed by atoms with van der Waals surface area (Å²) in [6, 6.07) is 5.83. The van der Waals surface area contributed by atoms with Crippen molar-refractivity contribution in [3.05, 3.63) is 30.1 Å². The summed E-state index contributed by atoms with van der Waals surface area (Å²) >= 11 is 0. The van der Waals surface area contributed by atoms with Crippen LogP contribution < -0.4 is 10.5 Å². The highest BCUT2D eigenvalue weighted by molar-refractivity contribution is 5.85. The van der Waals surface area contributed by atoms with Gasteiger partial charge in [0.2, 0.25) is 0 Å². The largest absolute Gasteiger partial charge is 0.481 e. The topological polar surface area (TPSA) is 55.6 Å². The third-order valence-corrected chi connectivity index (χ3v) is 3.90. The molecule has 1 saturated heterocycles. The number of ether oxygens (including phenoxy) is 1. The minimum absolute atomic E-state index is 0. The van der Waals surface area contributed by atoms with Gasteiger partial charge in [0.25, 0.3) is 5.91 Å². The first-order valence-electron chi connectivity index (χ1n) is 7.47. The van der Waals surface area contributed by atoms with Gasteiger partial charge in [0.1, 0.15) is 11.6 Å². The molecule has 0 aliphatic carbocycles. The molecule has 2 N–H and O–H groups in total. The van der Waals surface area contributed by atoms with Crippen molar-refractivity contribution >= 4 is 18.3 Å². The maximum Gasteiger partial charge on any atom is 0.263 e. The molecule has 1 aliphatic heterocycles. The van der Waals surface area contributed by atoms with Gasteiger partial charge in [0.15, 0.2) is 6.10 Å². The number of carbonyl (C=O) groups is 1. The number of carbonyl (C=O) groups excluding carboxylic acids is 1. The molecule has 0 bridgehead atoms. The molecule has 1 heterocycles. The van der Waals surface area contributed by atoms with E-state index in [1.807, 2.05) is 11.8 Å². The maximum atomic E-state index is 13.1. The van der Waals surface area contributed by atoms with Crippen molar-refractivity contribution in [2.45, 2.75) is 51.3 Å². The molecule has 1 amide bonds. The van der Waals surface area contributed by atoms with E-state index in [4.69, 9.17) is 10.5 Å². The van der Waals surface area contributed by atoms with Crippen molar-refractivity contribution in [1.82, 2.24) is 4.90 Å². The van der Waals surface area contributed by atoms with E-state index in [9.17, 15) is 9.18 Å². The minimum atomic E-state index is -0.647. The summed E-state index contributed by atoms with van der Waals surface area (Å²) in [5.74, 6) is -0.0925. The van der Waals surface area contributed by atoms with E-state index in [0.717, 1.165) is 19.3 Å². The first kappa shape index (κ1) is 18.7. The highest BCUT2D eigenvalue weighted by Gasteiger charge is 2.32. The van der Waals surface area contributed by atoms with Crippen LogP contribution in [0, 0.1) is 5.82 Å². The fraction of sp³-hybridized carbons (Fsp3) is 0.562. The molecule has 6 heteroatoms. The van der Waals surface area contributed by atoms with Crippen LogP contribution in [0.3, 0.4) is 0 Å². The number of hydrogen-bond donors (Lipinski definition) is 1. The number of benzene rings is 1. The Morgan fingerprint density at radius 1 is 1.41 bits per heavy atom. The van der Waals surface area contributed by atoms with Gasteiger partial charge in [-0.05, 0) is 45.2 Å². The third-order valence-electron chi connectivity index (χ3n) is 3.90. The first-order chi connectivity index (χ1) is 9.99. The van der Waals surface area contributed by atoms with Crippen molar-refractivity contribution in [3.8, 4) is 5.75 Å². The molecule has 3 unspecified atom stereocenters. The summed E-state index contributed by atoms with van der Waals surface area (Å²) in [6.45, 7) is 4.33. The van der Waals surface area contributed by atoms with E-state index in [-0.39, 0.29) is 36.2 Å². The lowest BCUT2D eigenvalue weighted by molar-refractivity contribution is -0.142. The number of rotatable bonds is 4. The van der Waals surface area contributed by atoms with Crippen molar-refractivity contribution < 1.29 is 13.9 Å². The van der Waals surface area contributed by atoms with Gasteiger partial charge in [0, 0.05) is 24.7 Å². The zero-order chi connectivity index (χ0) is 15.4. The summed E-state index contributed by atoms with van der Waals surface area (Å²) in [7, 11) is 0. The molecule has 124 valence electrons. The number of nitrogens with zero attached hydrogens (tertiary/aromatic N) is 1. The van der Waals surface area contributed by atoms with Crippen LogP contribution in [0.15, 0.2) is 24.3 Å². The van der Waals surface area contributed by atoms with Gasteiger partial charge < -0.3 is 15.4 Å². The van der Waals surface area contributed by atoms with E-state index in [1.165, 1.54) is 12.1 Å². The predicted octanol–water partition coefficient (Wildman–Crippen LogP) is 2.74. The fourth-order valence-electron chi connectivity index (χ4n) is 2.81. The molecular weight excluding hydrogens is 307 g/mol. The lowest BCUT2D eigenvalue weighted by Gasteiger charge is -2.39. The fourth-order valence-corrected chi connectivity index (χ4v) is 2.81. The second kappa shape index (κ2) is 8.34. The molecule has 4 nitrogen and oxygen atoms in total. The molecule has 22 heavy (non-hydrogen) atoms. The van der Waals surface area contributed by atoms with Crippen LogP contribution in [0.4, 0.5) is 4.39 Å². The van der Waals surface area contributed by atoms with Crippen molar-refractivity contribution in [2.24, 2.45) is 5.73 Å². The Balaban J connectivity index is 0.00000242. The Kier molecular flexibility index (Phi) is 7.10. The monoisotopic (exact) mass is 330 g/mol. The lowest BCUT2D eigenvalue weighted by Crippen LogP contribution is -2.54. The van der Waals surface area contributed by atoms with Gasteiger partial charge >= 0.3 is 0 Å². The molecule has 3 atom stereocenters. The number of nitrogens with two attached hydrogens (primary N) is 1. The number of piperidine rings is 1. The standard InChI is InChI=1S/C16H23FN2O2.ClH/c1-11(18)15-8-3-4-9-19(15)16(20)12(2)21-14-7-5-6-13(17)10-14;/h5-7,10-12,15H,3-4,8-9,18H2,1-2H3;1H. The van der Waals surface area contributed by atoms with Crippen molar-refractivity contribution in [1.29, 1.82) is 0 Å². The molecule has 0 aromatic heterocycles. The first-order valence-corrected chi connectivity index (χ1v) is 7.47. The highest BCUT2D eigenvalue weighted by atomic mass is 35.5. The number of likely N-dealkylation sites (tertiary alicyclic amines) is 1. The quantitative estimate of drug-likeness (QED) is 0.923. The van der Waals surface area contributed by atoms with Gasteiger partial charge in [-0.25, -0.2) is 4.39 Å². The number of hydrogen-bond acceptors (Lipinski definition) is 3. The van der Waals surface area contributed by atoms with E-state index >= 15 is 0 Å². The van der Waals surface area contributed by atoms with E-state index in [0.29, 0.717) is 12.3 Å². The predicted molar refractivity (Wildman–Crippen MR) is 86.7 cm³/mol. The van der Waals surface area contributed by atoms with Crippen LogP contribution in [0.1, 0.15) is 33.1 Å². The number of halogens is 2. The van der Waals surface area contributed by atoms with Crippen LogP contribution in [-0.2, 0) is 4.79 Å². The van der Waals surface area contributed by atoms with Crippen LogP contribution >= 0.6 is 12.4 Å². The summed E-state index contributed by atoms with van der Waals surface area (Å²) in [5, 5.41) is 0. The number of amides is 1. The lowest BCUT2D eigenvalue weighted by atomic mass is 9.96. The van der Waals surface area contributed by atoms with Crippen LogP contribution in [0.2, 0.25) is 0 Å². The molecule has 0 radical (unpaired) electrons. The Labute approximate surface area is 137 Å². The maximum absolute atomic E-state index is 13.1. The van der Waals surface area contributed by atoms with Crippen molar-refractivity contribution in [3.63, 3.8) is 0 Å². The van der Waals surface area contributed by atoms with E-state index in [1.54, 1.807) is 19.1 Å². The normalized spacial score (nSPS) is 20.7. The van der Waals surface area contributed by atoms with Crippen LogP contribution in [0.25, 0.3) is 0 Å². The van der Waals surface area contributed by atoms with Gasteiger partial charge in [0.05, 0.1) is 0 Å². The molecular formula is C16H24ClFN2O2. The van der Waals surface area contributed by atoms with Gasteiger partial charge in [-0.2, -0.15) is 0 Å². The summed E-state index contributed by atoms with van der Waals surface area (Å²) < 4.78 is 18.7. The average Bonchev–Trinajstić information content (AvgIpc) is 2.46. The smallest absolute Gasteiger partial charge is 0.263 e.